The molecular formula is C16H24N2O3. The normalized spacial score (nSPS) is 23.0. The minimum atomic E-state index is -0.618. The van der Waals surface area contributed by atoms with Crippen molar-refractivity contribution in [3.05, 3.63) is 23.3 Å². The fourth-order valence-electron chi connectivity index (χ4n) is 2.20. The van der Waals surface area contributed by atoms with Crippen molar-refractivity contribution < 1.29 is 14.4 Å². The molecule has 1 unspecified atom stereocenters. The smallest absolute Gasteiger partial charge is 0.248 e. The Morgan fingerprint density at radius 2 is 1.90 bits per heavy atom. The quantitative estimate of drug-likeness (QED) is 0.597. The second kappa shape index (κ2) is 8.52. The maximum atomic E-state index is 12.1. The van der Waals surface area contributed by atoms with Crippen molar-refractivity contribution in [1.82, 2.24) is 10.6 Å². The molecule has 0 saturated carbocycles. The van der Waals surface area contributed by atoms with Gasteiger partial charge in [0.2, 0.25) is 17.5 Å². The Morgan fingerprint density at radius 1 is 1.24 bits per heavy atom. The van der Waals surface area contributed by atoms with E-state index in [4.69, 9.17) is 0 Å². The zero-order valence-electron chi connectivity index (χ0n) is 13.0. The SMILES string of the molecule is CCC/C1=C\C(=O)C(=O)/C=C(\C(=O)NC(C)NC)CCC1. The molecule has 5 heteroatoms. The topological polar surface area (TPSA) is 75.3 Å². The molecule has 1 amide bonds. The van der Waals surface area contributed by atoms with Crippen LogP contribution in [0.1, 0.15) is 46.0 Å². The zero-order valence-corrected chi connectivity index (χ0v) is 13.0. The van der Waals surface area contributed by atoms with Crippen LogP contribution in [-0.2, 0) is 14.4 Å². The van der Waals surface area contributed by atoms with E-state index in [1.54, 1.807) is 7.05 Å². The van der Waals surface area contributed by atoms with Crippen molar-refractivity contribution in [1.29, 1.82) is 0 Å². The van der Waals surface area contributed by atoms with E-state index in [-0.39, 0.29) is 12.1 Å². The summed E-state index contributed by atoms with van der Waals surface area (Å²) in [7, 11) is 1.73. The molecule has 1 aliphatic rings. The number of nitrogens with one attached hydrogen (secondary N) is 2. The largest absolute Gasteiger partial charge is 0.337 e. The van der Waals surface area contributed by atoms with Crippen molar-refractivity contribution in [3.8, 4) is 0 Å². The van der Waals surface area contributed by atoms with Gasteiger partial charge in [0.1, 0.15) is 0 Å². The van der Waals surface area contributed by atoms with E-state index >= 15 is 0 Å². The summed E-state index contributed by atoms with van der Waals surface area (Å²) in [5, 5.41) is 5.64. The van der Waals surface area contributed by atoms with Gasteiger partial charge in [-0.25, -0.2) is 0 Å². The predicted molar refractivity (Wildman–Crippen MR) is 81.6 cm³/mol. The van der Waals surface area contributed by atoms with Gasteiger partial charge in [0.25, 0.3) is 0 Å². The minimum Gasteiger partial charge on any atom is -0.337 e. The monoisotopic (exact) mass is 292 g/mol. The van der Waals surface area contributed by atoms with Gasteiger partial charge in [-0.15, -0.1) is 0 Å². The standard InChI is InChI=1S/C16H24N2O3/c1-4-6-12-7-5-8-13(10-15(20)14(19)9-12)16(21)18-11(2)17-3/h9-11,17H,4-8H2,1-3H3,(H,18,21)/b12-9+,13-10-. The Labute approximate surface area is 125 Å². The lowest BCUT2D eigenvalue weighted by molar-refractivity contribution is -0.131. The molecule has 0 aromatic rings. The average molecular weight is 292 g/mol. The highest BCUT2D eigenvalue weighted by molar-refractivity contribution is 6.46. The molecule has 1 rings (SSSR count). The molecule has 0 fully saturated rings. The number of hydrogen-bond donors (Lipinski definition) is 2. The molecule has 5 nitrogen and oxygen atoms in total. The first-order valence-electron chi connectivity index (χ1n) is 7.44. The lowest BCUT2D eigenvalue weighted by atomic mass is 10.0. The Kier molecular flexibility index (Phi) is 7.02. The Morgan fingerprint density at radius 3 is 2.52 bits per heavy atom. The molecule has 0 heterocycles. The zero-order chi connectivity index (χ0) is 15.8. The number of carbonyl (C=O) groups is 3. The molecule has 0 aromatic carbocycles. The predicted octanol–water partition coefficient (Wildman–Crippen LogP) is 1.64. The van der Waals surface area contributed by atoms with Gasteiger partial charge < -0.3 is 10.6 Å². The highest BCUT2D eigenvalue weighted by atomic mass is 16.2. The van der Waals surface area contributed by atoms with Crippen LogP contribution in [0, 0.1) is 0 Å². The van der Waals surface area contributed by atoms with Crippen molar-refractivity contribution in [2.75, 3.05) is 7.05 Å². The third-order valence-corrected chi connectivity index (χ3v) is 3.47. The Balaban J connectivity index is 2.86. The van der Waals surface area contributed by atoms with Gasteiger partial charge in [0.05, 0.1) is 6.17 Å². The molecule has 1 aliphatic carbocycles. The Bertz CT molecular complexity index is 478. The van der Waals surface area contributed by atoms with Crippen LogP contribution < -0.4 is 10.6 Å². The van der Waals surface area contributed by atoms with Gasteiger partial charge in [-0.1, -0.05) is 18.9 Å². The maximum absolute atomic E-state index is 12.1. The van der Waals surface area contributed by atoms with Crippen LogP contribution in [0.15, 0.2) is 23.3 Å². The van der Waals surface area contributed by atoms with E-state index in [1.807, 2.05) is 13.8 Å². The van der Waals surface area contributed by atoms with Crippen molar-refractivity contribution in [2.24, 2.45) is 0 Å². The highest BCUT2D eigenvalue weighted by Crippen LogP contribution is 2.19. The number of ketones is 2. The Hall–Kier alpha value is -1.75. The lowest BCUT2D eigenvalue weighted by Crippen LogP contribution is -2.42. The van der Waals surface area contributed by atoms with Crippen LogP contribution >= 0.6 is 0 Å². The van der Waals surface area contributed by atoms with Crippen LogP contribution in [0.2, 0.25) is 0 Å². The number of amides is 1. The van der Waals surface area contributed by atoms with E-state index < -0.39 is 11.6 Å². The van der Waals surface area contributed by atoms with Crippen LogP contribution in [0.5, 0.6) is 0 Å². The molecule has 2 N–H and O–H groups in total. The van der Waals surface area contributed by atoms with Gasteiger partial charge in [-0.05, 0) is 51.8 Å². The summed E-state index contributed by atoms with van der Waals surface area (Å²) < 4.78 is 0. The molecule has 0 bridgehead atoms. The van der Waals surface area contributed by atoms with Gasteiger partial charge >= 0.3 is 0 Å². The molecule has 0 saturated heterocycles. The lowest BCUT2D eigenvalue weighted by Gasteiger charge is -2.14. The summed E-state index contributed by atoms with van der Waals surface area (Å²) in [4.78, 5) is 35.8. The summed E-state index contributed by atoms with van der Waals surface area (Å²) in [6.07, 6.45) is 6.21. The first-order valence-corrected chi connectivity index (χ1v) is 7.44. The first kappa shape index (κ1) is 17.3. The fourth-order valence-corrected chi connectivity index (χ4v) is 2.20. The van der Waals surface area contributed by atoms with E-state index in [0.717, 1.165) is 31.3 Å². The maximum Gasteiger partial charge on any atom is 0.248 e. The average Bonchev–Trinajstić information content (AvgIpc) is 2.51. The van der Waals surface area contributed by atoms with E-state index in [0.29, 0.717) is 12.0 Å². The number of allylic oxidation sites excluding steroid dienone is 3. The van der Waals surface area contributed by atoms with Crippen molar-refractivity contribution in [3.63, 3.8) is 0 Å². The van der Waals surface area contributed by atoms with Gasteiger partial charge in [0, 0.05) is 5.57 Å². The number of hydrogen-bond acceptors (Lipinski definition) is 4. The van der Waals surface area contributed by atoms with Crippen molar-refractivity contribution >= 4 is 17.5 Å². The summed E-state index contributed by atoms with van der Waals surface area (Å²) in [5.74, 6) is -1.45. The molecule has 0 aliphatic heterocycles. The van der Waals surface area contributed by atoms with Gasteiger partial charge in [-0.3, -0.25) is 14.4 Å². The summed E-state index contributed by atoms with van der Waals surface area (Å²) >= 11 is 0. The molecule has 21 heavy (non-hydrogen) atoms. The third kappa shape index (κ3) is 5.63. The first-order chi connectivity index (χ1) is 9.97. The third-order valence-electron chi connectivity index (χ3n) is 3.47. The molecule has 0 radical (unpaired) electrons. The molecule has 116 valence electrons. The second-order valence-electron chi connectivity index (χ2n) is 5.29. The van der Waals surface area contributed by atoms with Crippen LogP contribution in [0.25, 0.3) is 0 Å². The van der Waals surface area contributed by atoms with Gasteiger partial charge in [-0.2, -0.15) is 0 Å². The van der Waals surface area contributed by atoms with E-state index in [1.165, 1.54) is 12.2 Å². The van der Waals surface area contributed by atoms with Gasteiger partial charge in [0.15, 0.2) is 0 Å². The summed E-state index contributed by atoms with van der Waals surface area (Å²) in [6.45, 7) is 3.84. The summed E-state index contributed by atoms with van der Waals surface area (Å²) in [6, 6.07) is 0. The van der Waals surface area contributed by atoms with Crippen LogP contribution in [0.4, 0.5) is 0 Å². The van der Waals surface area contributed by atoms with Crippen LogP contribution in [-0.4, -0.2) is 30.7 Å². The van der Waals surface area contributed by atoms with E-state index in [9.17, 15) is 14.4 Å². The highest BCUT2D eigenvalue weighted by Gasteiger charge is 2.18. The van der Waals surface area contributed by atoms with E-state index in [2.05, 4.69) is 10.6 Å². The van der Waals surface area contributed by atoms with Crippen LogP contribution in [0.3, 0.4) is 0 Å². The minimum absolute atomic E-state index is 0.189. The summed E-state index contributed by atoms with van der Waals surface area (Å²) in [5.41, 5.74) is 1.37. The number of rotatable bonds is 5. The molecule has 0 spiro atoms. The molecule has 0 aromatic heterocycles. The second-order valence-corrected chi connectivity index (χ2v) is 5.29. The fraction of sp³-hybridized carbons (Fsp3) is 0.562. The number of carbonyl (C=O) groups excluding carboxylic acids is 3. The van der Waals surface area contributed by atoms with Crippen molar-refractivity contribution in [2.45, 2.75) is 52.1 Å². The molecule has 1 atom stereocenters. The molecular weight excluding hydrogens is 268 g/mol.